The molecule has 0 aliphatic rings. The largest absolute Gasteiger partial charge is 0.449 e. The zero-order chi connectivity index (χ0) is 22.8. The molecule has 0 saturated heterocycles. The number of aryl methyl sites for hydroxylation is 1. The lowest BCUT2D eigenvalue weighted by molar-refractivity contribution is -0.385. The van der Waals surface area contributed by atoms with Gasteiger partial charge >= 0.3 is 11.9 Å². The second-order valence-corrected chi connectivity index (χ2v) is 7.61. The summed E-state index contributed by atoms with van der Waals surface area (Å²) < 4.78 is 45.2. The summed E-state index contributed by atoms with van der Waals surface area (Å²) >= 11 is 3.35. The lowest BCUT2D eigenvalue weighted by Crippen LogP contribution is -2.06. The maximum Gasteiger partial charge on any atom is 0.416 e. The molecular formula is C22H16BrF3N2O3. The monoisotopic (exact) mass is 492 g/mol. The number of benzene rings is 3. The van der Waals surface area contributed by atoms with E-state index in [-0.39, 0.29) is 11.5 Å². The molecule has 0 spiro atoms. The fourth-order valence-electron chi connectivity index (χ4n) is 2.77. The van der Waals surface area contributed by atoms with Crippen molar-refractivity contribution in [1.29, 1.82) is 0 Å². The Kier molecular flexibility index (Phi) is 6.45. The molecule has 31 heavy (non-hydrogen) atoms. The van der Waals surface area contributed by atoms with Crippen LogP contribution in [0.25, 0.3) is 0 Å². The second-order valence-electron chi connectivity index (χ2n) is 6.70. The van der Waals surface area contributed by atoms with Gasteiger partial charge in [0, 0.05) is 22.3 Å². The normalized spacial score (nSPS) is 11.7. The van der Waals surface area contributed by atoms with E-state index in [0.717, 1.165) is 28.9 Å². The molecule has 0 atom stereocenters. The van der Waals surface area contributed by atoms with Crippen LogP contribution in [0.1, 0.15) is 22.3 Å². The van der Waals surface area contributed by atoms with Gasteiger partial charge in [-0.3, -0.25) is 15.1 Å². The van der Waals surface area contributed by atoms with Crippen molar-refractivity contribution in [2.75, 3.05) is 0 Å². The number of aliphatic imine (C=N–C) groups is 1. The van der Waals surface area contributed by atoms with E-state index in [1.54, 1.807) is 18.2 Å². The number of rotatable bonds is 5. The van der Waals surface area contributed by atoms with Crippen LogP contribution in [-0.2, 0) is 6.18 Å². The van der Waals surface area contributed by atoms with Crippen molar-refractivity contribution in [2.24, 2.45) is 4.99 Å². The zero-order valence-electron chi connectivity index (χ0n) is 16.4. The maximum atomic E-state index is 12.9. The van der Waals surface area contributed by atoms with Gasteiger partial charge in [0.05, 0.1) is 16.2 Å². The van der Waals surface area contributed by atoms with Crippen LogP contribution in [0, 0.1) is 24.0 Å². The minimum absolute atomic E-state index is 0.208. The first-order valence-corrected chi connectivity index (χ1v) is 9.79. The standard InChI is InChI=1S/C22H16BrF3N2O3/c1-13-4-3-5-18(14(13)2)27-12-15-10-17(23)7-9-20(15)31-21-8-6-16(22(24,25)26)11-19(21)28(29)30/h3-12H,1-2H3. The Hall–Kier alpha value is -3.20. The first-order chi connectivity index (χ1) is 14.6. The molecule has 0 unspecified atom stereocenters. The quantitative estimate of drug-likeness (QED) is 0.210. The number of alkyl halides is 3. The number of ether oxygens (including phenoxy) is 1. The fourth-order valence-corrected chi connectivity index (χ4v) is 3.15. The van der Waals surface area contributed by atoms with E-state index in [0.29, 0.717) is 16.1 Å². The van der Waals surface area contributed by atoms with Gasteiger partial charge in [0.15, 0.2) is 0 Å². The van der Waals surface area contributed by atoms with Crippen molar-refractivity contribution in [2.45, 2.75) is 20.0 Å². The third-order valence-electron chi connectivity index (χ3n) is 4.59. The van der Waals surface area contributed by atoms with E-state index in [2.05, 4.69) is 20.9 Å². The number of nitro groups is 1. The molecule has 3 aromatic rings. The molecule has 0 heterocycles. The molecule has 0 amide bonds. The Bertz CT molecular complexity index is 1180. The number of nitrogens with zero attached hydrogens (tertiary/aromatic N) is 2. The van der Waals surface area contributed by atoms with Gasteiger partial charge in [0.1, 0.15) is 5.75 Å². The molecule has 3 aromatic carbocycles. The van der Waals surface area contributed by atoms with E-state index in [1.165, 1.54) is 6.21 Å². The summed E-state index contributed by atoms with van der Waals surface area (Å²) in [7, 11) is 0. The second kappa shape index (κ2) is 8.89. The lowest BCUT2D eigenvalue weighted by atomic mass is 10.1. The van der Waals surface area contributed by atoms with Crippen molar-refractivity contribution < 1.29 is 22.8 Å². The van der Waals surface area contributed by atoms with Crippen molar-refractivity contribution >= 4 is 33.5 Å². The molecule has 0 aromatic heterocycles. The Morgan fingerprint density at radius 1 is 1.06 bits per heavy atom. The first-order valence-electron chi connectivity index (χ1n) is 8.99. The summed E-state index contributed by atoms with van der Waals surface area (Å²) in [4.78, 5) is 14.9. The van der Waals surface area contributed by atoms with Gasteiger partial charge in [-0.15, -0.1) is 0 Å². The number of hydrogen-bond donors (Lipinski definition) is 0. The van der Waals surface area contributed by atoms with Gasteiger partial charge < -0.3 is 4.74 Å². The van der Waals surface area contributed by atoms with Gasteiger partial charge in [0.25, 0.3) is 0 Å². The van der Waals surface area contributed by atoms with Gasteiger partial charge in [-0.2, -0.15) is 13.2 Å². The van der Waals surface area contributed by atoms with E-state index < -0.39 is 22.4 Å². The SMILES string of the molecule is Cc1cccc(N=Cc2cc(Br)ccc2Oc2ccc(C(F)(F)F)cc2[N+](=O)[O-])c1C. The molecule has 0 saturated carbocycles. The Morgan fingerprint density at radius 2 is 1.77 bits per heavy atom. The van der Waals surface area contributed by atoms with E-state index in [4.69, 9.17) is 4.74 Å². The van der Waals surface area contributed by atoms with Crippen LogP contribution in [0.5, 0.6) is 11.5 Å². The van der Waals surface area contributed by atoms with Gasteiger partial charge in [0.2, 0.25) is 5.75 Å². The molecule has 3 rings (SSSR count). The van der Waals surface area contributed by atoms with Crippen molar-refractivity contribution in [1.82, 2.24) is 0 Å². The predicted molar refractivity (Wildman–Crippen MR) is 115 cm³/mol. The van der Waals surface area contributed by atoms with Crippen LogP contribution in [-0.4, -0.2) is 11.1 Å². The van der Waals surface area contributed by atoms with Crippen molar-refractivity contribution in [3.63, 3.8) is 0 Å². The van der Waals surface area contributed by atoms with E-state index in [1.807, 2.05) is 32.0 Å². The Labute approximate surface area is 184 Å². The molecule has 0 aliphatic carbocycles. The smallest absolute Gasteiger partial charge is 0.416 e. The van der Waals surface area contributed by atoms with Crippen LogP contribution >= 0.6 is 15.9 Å². The topological polar surface area (TPSA) is 64.7 Å². The number of hydrogen-bond acceptors (Lipinski definition) is 4. The summed E-state index contributed by atoms with van der Waals surface area (Å²) in [5, 5.41) is 11.3. The Balaban J connectivity index is 2.01. The minimum Gasteiger partial charge on any atom is -0.449 e. The predicted octanol–water partition coefficient (Wildman–Crippen LogP) is 7.54. The fraction of sp³-hybridized carbons (Fsp3) is 0.136. The third-order valence-corrected chi connectivity index (χ3v) is 5.09. The summed E-state index contributed by atoms with van der Waals surface area (Å²) in [6, 6.07) is 12.7. The molecule has 160 valence electrons. The summed E-state index contributed by atoms with van der Waals surface area (Å²) in [5.41, 5.74) is 1.39. The van der Waals surface area contributed by atoms with Crippen LogP contribution < -0.4 is 4.74 Å². The van der Waals surface area contributed by atoms with E-state index in [9.17, 15) is 23.3 Å². The molecule has 0 radical (unpaired) electrons. The average Bonchev–Trinajstić information content (AvgIpc) is 2.70. The number of nitro benzene ring substituents is 1. The highest BCUT2D eigenvalue weighted by molar-refractivity contribution is 9.10. The van der Waals surface area contributed by atoms with Gasteiger partial charge in [-0.05, 0) is 61.4 Å². The minimum atomic E-state index is -4.70. The number of halogens is 4. The van der Waals surface area contributed by atoms with Gasteiger partial charge in [-0.1, -0.05) is 28.1 Å². The van der Waals surface area contributed by atoms with Crippen molar-refractivity contribution in [3.05, 3.63) is 91.4 Å². The van der Waals surface area contributed by atoms with E-state index >= 15 is 0 Å². The summed E-state index contributed by atoms with van der Waals surface area (Å²) in [6.45, 7) is 3.90. The highest BCUT2D eigenvalue weighted by Gasteiger charge is 2.33. The van der Waals surface area contributed by atoms with Crippen LogP contribution in [0.4, 0.5) is 24.5 Å². The van der Waals surface area contributed by atoms with Crippen molar-refractivity contribution in [3.8, 4) is 11.5 Å². The van der Waals surface area contributed by atoms with Crippen LogP contribution in [0.3, 0.4) is 0 Å². The third kappa shape index (κ3) is 5.29. The highest BCUT2D eigenvalue weighted by Crippen LogP contribution is 2.38. The van der Waals surface area contributed by atoms with Gasteiger partial charge in [-0.25, -0.2) is 0 Å². The molecular weight excluding hydrogens is 477 g/mol. The summed E-state index contributed by atoms with van der Waals surface area (Å²) in [6.07, 6.45) is -3.16. The lowest BCUT2D eigenvalue weighted by Gasteiger charge is -2.12. The Morgan fingerprint density at radius 3 is 2.45 bits per heavy atom. The van der Waals surface area contributed by atoms with Crippen LogP contribution in [0.15, 0.2) is 64.1 Å². The molecule has 9 heteroatoms. The molecule has 0 aliphatic heterocycles. The average molecular weight is 493 g/mol. The molecule has 0 N–H and O–H groups in total. The maximum absolute atomic E-state index is 12.9. The molecule has 5 nitrogen and oxygen atoms in total. The van der Waals surface area contributed by atoms with Crippen LogP contribution in [0.2, 0.25) is 0 Å². The first kappa shape index (κ1) is 22.5. The highest BCUT2D eigenvalue weighted by atomic mass is 79.9. The zero-order valence-corrected chi connectivity index (χ0v) is 18.0. The summed E-state index contributed by atoms with van der Waals surface area (Å²) in [5.74, 6) is -0.0955. The molecule has 0 bridgehead atoms. The molecule has 0 fully saturated rings.